The minimum atomic E-state index is -4.16. The van der Waals surface area contributed by atoms with Gasteiger partial charge in [0, 0.05) is 6.07 Å². The SMILES string of the molecule is N#Cc1ccc(/C=N/NS(=O)(=O)c2ccccc2[N+](=O)[O-])cc1. The van der Waals surface area contributed by atoms with E-state index < -0.39 is 25.5 Å². The monoisotopic (exact) mass is 330 g/mol. The number of nitrogens with one attached hydrogen (secondary N) is 1. The van der Waals surface area contributed by atoms with Crippen LogP contribution >= 0.6 is 0 Å². The Hall–Kier alpha value is -3.25. The minimum absolute atomic E-state index is 0.461. The van der Waals surface area contributed by atoms with Gasteiger partial charge in [-0.15, -0.1) is 0 Å². The van der Waals surface area contributed by atoms with Gasteiger partial charge in [0.1, 0.15) is 0 Å². The average Bonchev–Trinajstić information content (AvgIpc) is 2.55. The van der Waals surface area contributed by atoms with Crippen molar-refractivity contribution in [2.45, 2.75) is 4.90 Å². The third-order valence-corrected chi connectivity index (χ3v) is 4.05. The number of hydrogen-bond donors (Lipinski definition) is 1. The van der Waals surface area contributed by atoms with Crippen molar-refractivity contribution >= 4 is 21.9 Å². The zero-order chi connectivity index (χ0) is 16.9. The molecule has 0 aromatic heterocycles. The number of rotatable bonds is 5. The molecule has 9 heteroatoms. The molecular formula is C14H10N4O4S. The van der Waals surface area contributed by atoms with Crippen LogP contribution in [0.3, 0.4) is 0 Å². The maximum Gasteiger partial charge on any atom is 0.289 e. The first-order valence-corrected chi connectivity index (χ1v) is 7.71. The number of para-hydroxylation sites is 1. The first-order chi connectivity index (χ1) is 10.9. The summed E-state index contributed by atoms with van der Waals surface area (Å²) in [5.74, 6) is 0. The summed E-state index contributed by atoms with van der Waals surface area (Å²) in [5, 5.41) is 23.1. The smallest absolute Gasteiger partial charge is 0.258 e. The lowest BCUT2D eigenvalue weighted by Gasteiger charge is -2.03. The lowest BCUT2D eigenvalue weighted by atomic mass is 10.2. The highest BCUT2D eigenvalue weighted by Gasteiger charge is 2.24. The van der Waals surface area contributed by atoms with Crippen LogP contribution < -0.4 is 4.83 Å². The standard InChI is InChI=1S/C14H10N4O4S/c15-9-11-5-7-12(8-6-11)10-16-17-23(21,22)14-4-2-1-3-13(14)18(19)20/h1-8,10,17H/b16-10+. The molecule has 116 valence electrons. The Balaban J connectivity index is 2.20. The van der Waals surface area contributed by atoms with Gasteiger partial charge in [0.2, 0.25) is 0 Å². The number of nitro benzene ring substituents is 1. The number of benzene rings is 2. The first-order valence-electron chi connectivity index (χ1n) is 6.22. The Kier molecular flexibility index (Phi) is 4.68. The van der Waals surface area contributed by atoms with Crippen molar-refractivity contribution in [1.29, 1.82) is 5.26 Å². The zero-order valence-corrected chi connectivity index (χ0v) is 12.4. The lowest BCUT2D eigenvalue weighted by molar-refractivity contribution is -0.387. The normalized spacial score (nSPS) is 11.1. The van der Waals surface area contributed by atoms with Gasteiger partial charge in [-0.2, -0.15) is 23.6 Å². The van der Waals surface area contributed by atoms with Crippen molar-refractivity contribution in [3.05, 3.63) is 69.8 Å². The molecule has 0 saturated heterocycles. The molecule has 2 aromatic carbocycles. The Bertz CT molecular complexity index is 899. The van der Waals surface area contributed by atoms with Crippen LogP contribution in [0.2, 0.25) is 0 Å². The number of nitrogens with zero attached hydrogens (tertiary/aromatic N) is 3. The van der Waals surface area contributed by atoms with Gasteiger partial charge >= 0.3 is 0 Å². The van der Waals surface area contributed by atoms with Crippen molar-refractivity contribution in [3.8, 4) is 6.07 Å². The summed E-state index contributed by atoms with van der Waals surface area (Å²) in [4.78, 5) is 11.5. The van der Waals surface area contributed by atoms with E-state index in [1.807, 2.05) is 10.9 Å². The molecule has 0 fully saturated rings. The fourth-order valence-electron chi connectivity index (χ4n) is 1.70. The summed E-state index contributed by atoms with van der Waals surface area (Å²) in [6.07, 6.45) is 1.23. The van der Waals surface area contributed by atoms with E-state index in [9.17, 15) is 18.5 Å². The van der Waals surface area contributed by atoms with Gasteiger partial charge in [-0.3, -0.25) is 10.1 Å². The highest BCUT2D eigenvalue weighted by Crippen LogP contribution is 2.22. The fraction of sp³-hybridized carbons (Fsp3) is 0. The maximum atomic E-state index is 12.1. The molecule has 0 aliphatic carbocycles. The van der Waals surface area contributed by atoms with Gasteiger partial charge in [0.15, 0.2) is 4.90 Å². The molecule has 0 amide bonds. The van der Waals surface area contributed by atoms with Crippen LogP contribution in [0.4, 0.5) is 5.69 Å². The third kappa shape index (κ3) is 3.90. The minimum Gasteiger partial charge on any atom is -0.258 e. The van der Waals surface area contributed by atoms with Crippen molar-refractivity contribution in [2.75, 3.05) is 0 Å². The number of hydrogen-bond acceptors (Lipinski definition) is 6. The van der Waals surface area contributed by atoms with E-state index in [1.54, 1.807) is 24.3 Å². The number of hydrazone groups is 1. The second-order valence-electron chi connectivity index (χ2n) is 4.31. The van der Waals surface area contributed by atoms with Gasteiger partial charge in [-0.25, -0.2) is 0 Å². The van der Waals surface area contributed by atoms with Crippen LogP contribution in [0.15, 0.2) is 58.5 Å². The lowest BCUT2D eigenvalue weighted by Crippen LogP contribution is -2.19. The molecule has 0 unspecified atom stereocenters. The molecule has 0 radical (unpaired) electrons. The Morgan fingerprint density at radius 1 is 1.17 bits per heavy atom. The molecule has 1 N–H and O–H groups in total. The first kappa shape index (κ1) is 16.1. The van der Waals surface area contributed by atoms with Crippen LogP contribution in [0.5, 0.6) is 0 Å². The second kappa shape index (κ2) is 6.67. The molecular weight excluding hydrogens is 320 g/mol. The largest absolute Gasteiger partial charge is 0.289 e. The second-order valence-corrected chi connectivity index (χ2v) is 5.94. The van der Waals surface area contributed by atoms with Gasteiger partial charge in [-0.05, 0) is 23.8 Å². The summed E-state index contributed by atoms with van der Waals surface area (Å²) in [6, 6.07) is 13.2. The molecule has 0 bridgehead atoms. The predicted octanol–water partition coefficient (Wildman–Crippen LogP) is 1.78. The van der Waals surface area contributed by atoms with Gasteiger partial charge < -0.3 is 0 Å². The molecule has 0 saturated carbocycles. The average molecular weight is 330 g/mol. The highest BCUT2D eigenvalue weighted by atomic mass is 32.2. The number of sulfonamides is 1. The molecule has 2 aromatic rings. The van der Waals surface area contributed by atoms with Gasteiger partial charge in [0.05, 0.1) is 22.8 Å². The summed E-state index contributed by atoms with van der Waals surface area (Å²) in [6.45, 7) is 0. The van der Waals surface area contributed by atoms with E-state index >= 15 is 0 Å². The summed E-state index contributed by atoms with van der Waals surface area (Å²) >= 11 is 0. The number of nitro groups is 1. The van der Waals surface area contributed by atoms with Crippen molar-refractivity contribution in [2.24, 2.45) is 5.10 Å². The van der Waals surface area contributed by atoms with Crippen LogP contribution in [-0.2, 0) is 10.0 Å². The van der Waals surface area contributed by atoms with Crippen molar-refractivity contribution < 1.29 is 13.3 Å². The van der Waals surface area contributed by atoms with Crippen molar-refractivity contribution in [1.82, 2.24) is 4.83 Å². The van der Waals surface area contributed by atoms with Crippen LogP contribution in [0.1, 0.15) is 11.1 Å². The van der Waals surface area contributed by atoms with Crippen LogP contribution in [0.25, 0.3) is 0 Å². The molecule has 0 heterocycles. The molecule has 2 rings (SSSR count). The van der Waals surface area contributed by atoms with E-state index in [1.165, 1.54) is 18.3 Å². The molecule has 0 spiro atoms. The molecule has 0 aliphatic heterocycles. The van der Waals surface area contributed by atoms with E-state index in [2.05, 4.69) is 5.10 Å². The quantitative estimate of drug-likeness (QED) is 0.508. The van der Waals surface area contributed by atoms with Crippen LogP contribution in [-0.4, -0.2) is 19.6 Å². The topological polar surface area (TPSA) is 125 Å². The van der Waals surface area contributed by atoms with Crippen LogP contribution in [0, 0.1) is 21.4 Å². The highest BCUT2D eigenvalue weighted by molar-refractivity contribution is 7.89. The Morgan fingerprint density at radius 2 is 1.83 bits per heavy atom. The summed E-state index contributed by atoms with van der Waals surface area (Å²) in [5.41, 5.74) is 0.491. The van der Waals surface area contributed by atoms with E-state index in [0.717, 1.165) is 12.1 Å². The van der Waals surface area contributed by atoms with E-state index in [0.29, 0.717) is 11.1 Å². The Morgan fingerprint density at radius 3 is 2.43 bits per heavy atom. The summed E-state index contributed by atoms with van der Waals surface area (Å²) in [7, 11) is -4.16. The third-order valence-electron chi connectivity index (χ3n) is 2.78. The zero-order valence-electron chi connectivity index (χ0n) is 11.6. The van der Waals surface area contributed by atoms with E-state index in [-0.39, 0.29) is 0 Å². The fourth-order valence-corrected chi connectivity index (χ4v) is 2.66. The molecule has 0 atom stereocenters. The van der Waals surface area contributed by atoms with E-state index in [4.69, 9.17) is 5.26 Å². The maximum absolute atomic E-state index is 12.1. The summed E-state index contributed by atoms with van der Waals surface area (Å²) < 4.78 is 24.2. The van der Waals surface area contributed by atoms with Crippen molar-refractivity contribution in [3.63, 3.8) is 0 Å². The molecule has 8 nitrogen and oxygen atoms in total. The van der Waals surface area contributed by atoms with Gasteiger partial charge in [-0.1, -0.05) is 24.3 Å². The van der Waals surface area contributed by atoms with Gasteiger partial charge in [0.25, 0.3) is 15.7 Å². The molecule has 0 aliphatic rings. The number of nitriles is 1. The predicted molar refractivity (Wildman–Crippen MR) is 82.2 cm³/mol. The molecule has 23 heavy (non-hydrogen) atoms. The Labute approximate surface area is 131 Å².